The Kier molecular flexibility index (Phi) is 2.44. The second-order valence-corrected chi connectivity index (χ2v) is 3.54. The average molecular weight is 217 g/mol. The number of para-hydroxylation sites is 1. The maximum absolute atomic E-state index is 10.7. The molecule has 0 bridgehead atoms. The Labute approximate surface area is 91.8 Å². The predicted octanol–water partition coefficient (Wildman–Crippen LogP) is 2.81. The summed E-state index contributed by atoms with van der Waals surface area (Å²) in [6.45, 7) is 3.23. The summed E-state index contributed by atoms with van der Waals surface area (Å²) < 4.78 is 0. The molecule has 0 aliphatic heterocycles. The first-order valence-corrected chi connectivity index (χ1v) is 4.82. The van der Waals surface area contributed by atoms with E-state index in [1.54, 1.807) is 0 Å². The number of aromatic hydroxyl groups is 1. The van der Waals surface area contributed by atoms with Crippen molar-refractivity contribution in [3.8, 4) is 5.88 Å². The van der Waals surface area contributed by atoms with Crippen LogP contribution in [0.1, 0.15) is 12.5 Å². The highest BCUT2D eigenvalue weighted by Crippen LogP contribution is 2.36. The zero-order valence-corrected chi connectivity index (χ0v) is 8.98. The van der Waals surface area contributed by atoms with Gasteiger partial charge in [0, 0.05) is 12.3 Å². The van der Waals surface area contributed by atoms with Gasteiger partial charge in [-0.25, -0.2) is 0 Å². The van der Waals surface area contributed by atoms with E-state index < -0.39 is 5.91 Å². The number of hydrogen-bond donors (Lipinski definition) is 2. The molecule has 0 aliphatic rings. The van der Waals surface area contributed by atoms with Gasteiger partial charge >= 0.3 is 0 Å². The van der Waals surface area contributed by atoms with Crippen molar-refractivity contribution in [3.05, 3.63) is 23.8 Å². The van der Waals surface area contributed by atoms with Crippen LogP contribution in [0.2, 0.25) is 0 Å². The molecule has 0 unspecified atom stereocenters. The summed E-state index contributed by atoms with van der Waals surface area (Å²) in [6.07, 6.45) is 0. The van der Waals surface area contributed by atoms with Gasteiger partial charge in [0.25, 0.3) is 5.91 Å². The minimum atomic E-state index is -0.401. The number of H-pyrrole nitrogens is 1. The fourth-order valence-corrected chi connectivity index (χ4v) is 1.56. The number of rotatable bonds is 1. The minimum Gasteiger partial charge on any atom is -0.493 e. The Morgan fingerprint density at radius 3 is 2.88 bits per heavy atom. The van der Waals surface area contributed by atoms with Gasteiger partial charge < -0.3 is 10.1 Å². The lowest BCUT2D eigenvalue weighted by atomic mass is 10.1. The van der Waals surface area contributed by atoms with Gasteiger partial charge in [0.1, 0.15) is 0 Å². The van der Waals surface area contributed by atoms with Crippen molar-refractivity contribution < 1.29 is 9.90 Å². The lowest BCUT2D eigenvalue weighted by Crippen LogP contribution is -1.77. The molecule has 1 aromatic heterocycles. The number of benzene rings is 1. The highest BCUT2D eigenvalue weighted by molar-refractivity contribution is 5.96. The van der Waals surface area contributed by atoms with Crippen LogP contribution in [0.25, 0.3) is 10.9 Å². The molecule has 5 nitrogen and oxygen atoms in total. The molecule has 0 spiro atoms. The van der Waals surface area contributed by atoms with Crippen LogP contribution in [0, 0.1) is 6.92 Å². The van der Waals surface area contributed by atoms with Crippen LogP contribution >= 0.6 is 0 Å². The number of azo groups is 1. The fourth-order valence-electron chi connectivity index (χ4n) is 1.56. The molecule has 0 fully saturated rings. The van der Waals surface area contributed by atoms with E-state index in [2.05, 4.69) is 15.2 Å². The zero-order chi connectivity index (χ0) is 11.7. The number of aryl methyl sites for hydroxylation is 1. The molecule has 16 heavy (non-hydrogen) atoms. The first kappa shape index (κ1) is 10.4. The van der Waals surface area contributed by atoms with Gasteiger partial charge in [0.05, 0.1) is 5.52 Å². The summed E-state index contributed by atoms with van der Waals surface area (Å²) in [5.41, 5.74) is 2.10. The second-order valence-electron chi connectivity index (χ2n) is 3.54. The van der Waals surface area contributed by atoms with E-state index in [9.17, 15) is 9.90 Å². The maximum Gasteiger partial charge on any atom is 0.261 e. The van der Waals surface area contributed by atoms with Gasteiger partial charge in [-0.2, -0.15) is 0 Å². The van der Waals surface area contributed by atoms with Crippen molar-refractivity contribution in [2.24, 2.45) is 10.2 Å². The van der Waals surface area contributed by atoms with Crippen molar-refractivity contribution in [2.45, 2.75) is 13.8 Å². The SMILES string of the molecule is CC(=O)N=Nc1c(O)[nH]c2c(C)cccc12. The summed E-state index contributed by atoms with van der Waals surface area (Å²) in [5.74, 6) is -0.476. The van der Waals surface area contributed by atoms with Crippen molar-refractivity contribution in [3.63, 3.8) is 0 Å². The topological polar surface area (TPSA) is 77.8 Å². The quantitative estimate of drug-likeness (QED) is 0.720. The third-order valence-corrected chi connectivity index (χ3v) is 2.29. The molecule has 82 valence electrons. The largest absolute Gasteiger partial charge is 0.493 e. The molecule has 0 saturated carbocycles. The molecule has 0 radical (unpaired) electrons. The highest BCUT2D eigenvalue weighted by Gasteiger charge is 2.11. The maximum atomic E-state index is 10.7. The number of aromatic amines is 1. The number of aromatic nitrogens is 1. The number of nitrogens with one attached hydrogen (secondary N) is 1. The summed E-state index contributed by atoms with van der Waals surface area (Å²) in [4.78, 5) is 13.5. The fraction of sp³-hybridized carbons (Fsp3) is 0.182. The number of amides is 1. The Balaban J connectivity index is 2.65. The van der Waals surface area contributed by atoms with Gasteiger partial charge in [0.15, 0.2) is 5.69 Å². The molecule has 0 saturated heterocycles. The van der Waals surface area contributed by atoms with E-state index in [0.29, 0.717) is 5.69 Å². The van der Waals surface area contributed by atoms with Crippen LogP contribution in [-0.2, 0) is 4.79 Å². The Morgan fingerprint density at radius 1 is 1.44 bits per heavy atom. The number of carbonyl (C=O) groups is 1. The Bertz CT molecular complexity index is 584. The highest BCUT2D eigenvalue weighted by atomic mass is 16.3. The van der Waals surface area contributed by atoms with E-state index in [4.69, 9.17) is 0 Å². The molecule has 2 rings (SSSR count). The van der Waals surface area contributed by atoms with Gasteiger partial charge in [-0.1, -0.05) is 18.2 Å². The summed E-state index contributed by atoms with van der Waals surface area (Å²) in [7, 11) is 0. The van der Waals surface area contributed by atoms with Gasteiger partial charge in [-0.3, -0.25) is 4.79 Å². The number of fused-ring (bicyclic) bond motifs is 1. The lowest BCUT2D eigenvalue weighted by Gasteiger charge is -1.93. The summed E-state index contributed by atoms with van der Waals surface area (Å²) in [5, 5.41) is 17.5. The third kappa shape index (κ3) is 1.67. The van der Waals surface area contributed by atoms with Gasteiger partial charge in [-0.05, 0) is 12.5 Å². The normalized spacial score (nSPS) is 11.4. The molecule has 1 amide bonds. The van der Waals surface area contributed by atoms with E-state index in [1.807, 2.05) is 25.1 Å². The minimum absolute atomic E-state index is 0.0747. The molecule has 0 aliphatic carbocycles. The first-order valence-electron chi connectivity index (χ1n) is 4.82. The molecular formula is C11H11N3O2. The van der Waals surface area contributed by atoms with Crippen molar-refractivity contribution in [1.29, 1.82) is 0 Å². The molecule has 2 N–H and O–H groups in total. The monoisotopic (exact) mass is 217 g/mol. The van der Waals surface area contributed by atoms with Crippen LogP contribution < -0.4 is 0 Å². The van der Waals surface area contributed by atoms with Crippen LogP contribution in [-0.4, -0.2) is 16.0 Å². The van der Waals surface area contributed by atoms with E-state index in [1.165, 1.54) is 6.92 Å². The van der Waals surface area contributed by atoms with E-state index in [0.717, 1.165) is 16.5 Å². The lowest BCUT2D eigenvalue weighted by molar-refractivity contribution is -0.116. The van der Waals surface area contributed by atoms with Crippen molar-refractivity contribution >= 4 is 22.5 Å². The van der Waals surface area contributed by atoms with Crippen LogP contribution in [0.15, 0.2) is 28.4 Å². The van der Waals surface area contributed by atoms with Crippen LogP contribution in [0.4, 0.5) is 5.69 Å². The molecule has 2 aromatic rings. The zero-order valence-electron chi connectivity index (χ0n) is 8.98. The third-order valence-electron chi connectivity index (χ3n) is 2.29. The van der Waals surface area contributed by atoms with Crippen molar-refractivity contribution in [2.75, 3.05) is 0 Å². The van der Waals surface area contributed by atoms with Gasteiger partial charge in [-0.15, -0.1) is 10.2 Å². The van der Waals surface area contributed by atoms with E-state index >= 15 is 0 Å². The van der Waals surface area contributed by atoms with E-state index in [-0.39, 0.29) is 5.88 Å². The molecule has 0 atom stereocenters. The molecule has 5 heteroatoms. The Hall–Kier alpha value is -2.17. The number of nitrogens with zero attached hydrogens (tertiary/aromatic N) is 2. The van der Waals surface area contributed by atoms with Crippen LogP contribution in [0.3, 0.4) is 0 Å². The van der Waals surface area contributed by atoms with Crippen molar-refractivity contribution in [1.82, 2.24) is 4.98 Å². The summed E-state index contributed by atoms with van der Waals surface area (Å²) >= 11 is 0. The smallest absolute Gasteiger partial charge is 0.261 e. The summed E-state index contributed by atoms with van der Waals surface area (Å²) in [6, 6.07) is 5.59. The molecule has 1 heterocycles. The predicted molar refractivity (Wildman–Crippen MR) is 59.9 cm³/mol. The Morgan fingerprint density at radius 2 is 2.19 bits per heavy atom. The molecule has 1 aromatic carbocycles. The van der Waals surface area contributed by atoms with Crippen LogP contribution in [0.5, 0.6) is 5.88 Å². The average Bonchev–Trinajstić information content (AvgIpc) is 2.53. The first-order chi connectivity index (χ1) is 7.59. The standard InChI is InChI=1S/C11H11N3O2/c1-6-4-3-5-8-9(6)12-11(16)10(8)14-13-7(2)15/h3-5,12,16H,1-2H3. The van der Waals surface area contributed by atoms with Gasteiger partial charge in [0.2, 0.25) is 5.88 Å². The second kappa shape index (κ2) is 3.77. The number of hydrogen-bond acceptors (Lipinski definition) is 3. The molecular weight excluding hydrogens is 206 g/mol. The number of carbonyl (C=O) groups excluding carboxylic acids is 1.